The molecule has 2 saturated heterocycles. The van der Waals surface area contributed by atoms with E-state index in [-0.39, 0.29) is 4.90 Å². The number of ether oxygens (including phenoxy) is 2. The monoisotopic (exact) mass is 331 g/mol. The van der Waals surface area contributed by atoms with E-state index in [1.165, 1.54) is 6.07 Å². The molecule has 0 amide bonds. The van der Waals surface area contributed by atoms with Crippen LogP contribution in [0.15, 0.2) is 23.1 Å². The van der Waals surface area contributed by atoms with Gasteiger partial charge in [0.25, 0.3) is 0 Å². The third-order valence-corrected chi connectivity index (χ3v) is 6.52. The van der Waals surface area contributed by atoms with Crippen molar-refractivity contribution in [2.24, 2.45) is 0 Å². The van der Waals surface area contributed by atoms with Gasteiger partial charge in [0.2, 0.25) is 10.0 Å². The molecule has 2 fully saturated rings. The van der Waals surface area contributed by atoms with Gasteiger partial charge in [-0.05, 0) is 31.0 Å². The molecule has 1 aromatic carbocycles. The predicted molar refractivity (Wildman–Crippen MR) is 79.1 cm³/mol. The fraction of sp³-hybridized carbons (Fsp3) is 0.571. The van der Waals surface area contributed by atoms with Gasteiger partial charge in [0.1, 0.15) is 0 Å². The standard InChI is InChI=1S/C14H18ClNO4S/c1-11-2-3-12(15)8-13(11)21(17,18)16-5-7-20-10-14(16)4-6-19-9-14/h2-3,8H,4-7,9-10H2,1H3/t14-/m0/s1. The Morgan fingerprint density at radius 2 is 1.95 bits per heavy atom. The number of nitrogens with zero attached hydrogens (tertiary/aromatic N) is 1. The summed E-state index contributed by atoms with van der Waals surface area (Å²) in [6.07, 6.45) is 0.659. The Morgan fingerprint density at radius 1 is 1.24 bits per heavy atom. The second-order valence-corrected chi connectivity index (χ2v) is 7.83. The highest BCUT2D eigenvalue weighted by Crippen LogP contribution is 2.35. The molecule has 5 nitrogen and oxygen atoms in total. The third kappa shape index (κ3) is 2.59. The molecule has 2 aliphatic heterocycles. The lowest BCUT2D eigenvalue weighted by Gasteiger charge is -2.42. The van der Waals surface area contributed by atoms with Crippen molar-refractivity contribution in [3.05, 3.63) is 28.8 Å². The Balaban J connectivity index is 2.05. The summed E-state index contributed by atoms with van der Waals surface area (Å²) in [4.78, 5) is 0.267. The Bertz CT molecular complexity index is 640. The van der Waals surface area contributed by atoms with E-state index in [1.54, 1.807) is 23.4 Å². The van der Waals surface area contributed by atoms with Gasteiger partial charge in [-0.2, -0.15) is 4.31 Å². The first-order valence-corrected chi connectivity index (χ1v) is 8.72. The van der Waals surface area contributed by atoms with Crippen LogP contribution in [0, 0.1) is 6.92 Å². The highest BCUT2D eigenvalue weighted by Gasteiger charge is 2.49. The number of halogens is 1. The van der Waals surface area contributed by atoms with Crippen LogP contribution in [0.1, 0.15) is 12.0 Å². The van der Waals surface area contributed by atoms with Crippen LogP contribution >= 0.6 is 11.6 Å². The Labute approximate surface area is 129 Å². The van der Waals surface area contributed by atoms with E-state index < -0.39 is 15.6 Å². The zero-order chi connectivity index (χ0) is 15.1. The van der Waals surface area contributed by atoms with Crippen molar-refractivity contribution in [1.82, 2.24) is 4.31 Å². The second kappa shape index (κ2) is 5.52. The summed E-state index contributed by atoms with van der Waals surface area (Å²) in [6, 6.07) is 4.95. The Hall–Kier alpha value is -0.660. The lowest BCUT2D eigenvalue weighted by atomic mass is 9.99. The maximum atomic E-state index is 13.1. The van der Waals surface area contributed by atoms with Gasteiger partial charge in [-0.3, -0.25) is 0 Å². The van der Waals surface area contributed by atoms with Crippen LogP contribution in [0.2, 0.25) is 5.02 Å². The van der Waals surface area contributed by atoms with Gasteiger partial charge in [-0.15, -0.1) is 0 Å². The molecule has 3 rings (SSSR count). The molecule has 0 aromatic heterocycles. The zero-order valence-corrected chi connectivity index (χ0v) is 13.4. The molecule has 2 heterocycles. The number of sulfonamides is 1. The first-order chi connectivity index (χ1) is 9.96. The molecular formula is C14H18ClNO4S. The van der Waals surface area contributed by atoms with E-state index in [4.69, 9.17) is 21.1 Å². The van der Waals surface area contributed by atoms with Gasteiger partial charge in [-0.25, -0.2) is 8.42 Å². The smallest absolute Gasteiger partial charge is 0.244 e. The van der Waals surface area contributed by atoms with Gasteiger partial charge in [-0.1, -0.05) is 17.7 Å². The van der Waals surface area contributed by atoms with Crippen molar-refractivity contribution in [1.29, 1.82) is 0 Å². The largest absolute Gasteiger partial charge is 0.379 e. The molecule has 0 N–H and O–H groups in total. The minimum absolute atomic E-state index is 0.267. The summed E-state index contributed by atoms with van der Waals surface area (Å²) in [5.41, 5.74) is 0.117. The van der Waals surface area contributed by atoms with E-state index in [0.717, 1.165) is 0 Å². The van der Waals surface area contributed by atoms with E-state index >= 15 is 0 Å². The summed E-state index contributed by atoms with van der Waals surface area (Å²) < 4.78 is 38.7. The van der Waals surface area contributed by atoms with Gasteiger partial charge in [0.05, 0.1) is 30.3 Å². The van der Waals surface area contributed by atoms with Crippen LogP contribution in [0.4, 0.5) is 0 Å². The zero-order valence-electron chi connectivity index (χ0n) is 11.8. The summed E-state index contributed by atoms with van der Waals surface area (Å²) in [6.45, 7) is 3.85. The highest BCUT2D eigenvalue weighted by atomic mass is 35.5. The van der Waals surface area contributed by atoms with Crippen LogP contribution in [0.5, 0.6) is 0 Å². The van der Waals surface area contributed by atoms with E-state index in [9.17, 15) is 8.42 Å². The van der Waals surface area contributed by atoms with Crippen molar-refractivity contribution in [2.75, 3.05) is 33.0 Å². The molecule has 0 bridgehead atoms. The normalized spacial score (nSPS) is 27.3. The van der Waals surface area contributed by atoms with Crippen LogP contribution in [0.25, 0.3) is 0 Å². The number of hydrogen-bond acceptors (Lipinski definition) is 4. The molecule has 1 aromatic rings. The van der Waals surface area contributed by atoms with Gasteiger partial charge in [0.15, 0.2) is 0 Å². The topological polar surface area (TPSA) is 55.8 Å². The summed E-state index contributed by atoms with van der Waals surface area (Å²) in [7, 11) is -3.62. The highest BCUT2D eigenvalue weighted by molar-refractivity contribution is 7.89. The molecule has 116 valence electrons. The molecule has 0 saturated carbocycles. The number of hydrogen-bond donors (Lipinski definition) is 0. The van der Waals surface area contributed by atoms with E-state index in [2.05, 4.69) is 0 Å². The molecular weight excluding hydrogens is 314 g/mol. The molecule has 0 aliphatic carbocycles. The van der Waals surface area contributed by atoms with E-state index in [0.29, 0.717) is 50.0 Å². The van der Waals surface area contributed by atoms with Crippen molar-refractivity contribution in [3.8, 4) is 0 Å². The van der Waals surface area contributed by atoms with Crippen LogP contribution in [-0.2, 0) is 19.5 Å². The first kappa shape index (κ1) is 15.2. The minimum atomic E-state index is -3.62. The fourth-order valence-corrected chi connectivity index (χ4v) is 5.22. The van der Waals surface area contributed by atoms with Crippen molar-refractivity contribution >= 4 is 21.6 Å². The third-order valence-electron chi connectivity index (χ3n) is 4.14. The average Bonchev–Trinajstić information content (AvgIpc) is 2.90. The maximum Gasteiger partial charge on any atom is 0.244 e. The summed E-state index contributed by atoms with van der Waals surface area (Å²) in [5.74, 6) is 0. The van der Waals surface area contributed by atoms with Crippen molar-refractivity contribution < 1.29 is 17.9 Å². The number of benzene rings is 1. The molecule has 2 aliphatic rings. The first-order valence-electron chi connectivity index (χ1n) is 6.90. The van der Waals surface area contributed by atoms with Gasteiger partial charge >= 0.3 is 0 Å². The molecule has 0 unspecified atom stereocenters. The van der Waals surface area contributed by atoms with Crippen molar-refractivity contribution in [3.63, 3.8) is 0 Å². The van der Waals surface area contributed by atoms with Gasteiger partial charge in [0, 0.05) is 18.2 Å². The van der Waals surface area contributed by atoms with Crippen LogP contribution in [0.3, 0.4) is 0 Å². The molecule has 1 spiro atoms. The summed E-state index contributed by atoms with van der Waals surface area (Å²) in [5, 5.41) is 0.421. The predicted octanol–water partition coefficient (Wildman–Crippen LogP) is 1.83. The van der Waals surface area contributed by atoms with E-state index in [1.807, 2.05) is 0 Å². The maximum absolute atomic E-state index is 13.1. The SMILES string of the molecule is Cc1ccc(Cl)cc1S(=O)(=O)N1CCOC[C@@]12CCOC2. The second-order valence-electron chi connectivity index (χ2n) is 5.57. The van der Waals surface area contributed by atoms with Gasteiger partial charge < -0.3 is 9.47 Å². The van der Waals surface area contributed by atoms with Crippen molar-refractivity contribution in [2.45, 2.75) is 23.8 Å². The number of aryl methyl sites for hydroxylation is 1. The molecule has 0 radical (unpaired) electrons. The number of rotatable bonds is 2. The summed E-state index contributed by atoms with van der Waals surface area (Å²) >= 11 is 5.98. The fourth-order valence-electron chi connectivity index (χ4n) is 2.97. The van der Waals surface area contributed by atoms with Crippen LogP contribution in [-0.4, -0.2) is 51.2 Å². The lowest BCUT2D eigenvalue weighted by Crippen LogP contribution is -2.59. The molecule has 7 heteroatoms. The average molecular weight is 332 g/mol. The minimum Gasteiger partial charge on any atom is -0.379 e. The quantitative estimate of drug-likeness (QED) is 0.829. The lowest BCUT2D eigenvalue weighted by molar-refractivity contribution is -0.0293. The Kier molecular flexibility index (Phi) is 4.00. The molecule has 21 heavy (non-hydrogen) atoms. The number of morpholine rings is 1. The van der Waals surface area contributed by atoms with Crippen LogP contribution < -0.4 is 0 Å². The Morgan fingerprint density at radius 3 is 2.62 bits per heavy atom. The molecule has 1 atom stereocenters.